The maximum Gasteiger partial charge on any atom is 0.474 e. The van der Waals surface area contributed by atoms with Crippen molar-refractivity contribution in [2.45, 2.75) is 20.1 Å². The lowest BCUT2D eigenvalue weighted by atomic mass is 10.0. The Labute approximate surface area is 244 Å². The highest BCUT2D eigenvalue weighted by atomic mass is 31.2. The van der Waals surface area contributed by atoms with Gasteiger partial charge in [0, 0.05) is 66.5 Å². The Bertz CT molecular complexity index is 1710. The number of nitrogens with zero attached hydrogens (tertiary/aromatic N) is 7. The minimum absolute atomic E-state index is 0.00793. The maximum atomic E-state index is 12.7. The smallest absolute Gasteiger partial charge is 0.310 e. The van der Waals surface area contributed by atoms with Gasteiger partial charge in [-0.2, -0.15) is 5.26 Å². The predicted molar refractivity (Wildman–Crippen MR) is 159 cm³/mol. The molecule has 42 heavy (non-hydrogen) atoms. The number of nitriles is 1. The van der Waals surface area contributed by atoms with Crippen molar-refractivity contribution >= 4 is 30.5 Å². The first-order valence-electron chi connectivity index (χ1n) is 13.1. The summed E-state index contributed by atoms with van der Waals surface area (Å²) >= 11 is 0. The van der Waals surface area contributed by atoms with Gasteiger partial charge in [0.1, 0.15) is 23.6 Å². The molecule has 0 spiro atoms. The lowest BCUT2D eigenvalue weighted by Crippen LogP contribution is -2.24. The monoisotopic (exact) mass is 589 g/mol. The van der Waals surface area contributed by atoms with E-state index in [1.807, 2.05) is 37.2 Å². The Morgan fingerprint density at radius 2 is 1.93 bits per heavy atom. The molecule has 0 aliphatic heterocycles. The Morgan fingerprint density at radius 1 is 1.17 bits per heavy atom. The van der Waals surface area contributed by atoms with E-state index in [1.165, 1.54) is 11.0 Å². The van der Waals surface area contributed by atoms with E-state index >= 15 is 0 Å². The molecule has 1 N–H and O–H groups in total. The molecule has 12 nitrogen and oxygen atoms in total. The molecule has 4 aromatic rings. The Kier molecular flexibility index (Phi) is 9.63. The van der Waals surface area contributed by atoms with Gasteiger partial charge in [0.05, 0.1) is 18.5 Å². The molecule has 0 bridgehead atoms. The van der Waals surface area contributed by atoms with Gasteiger partial charge in [-0.15, -0.1) is 0 Å². The Morgan fingerprint density at radius 3 is 2.64 bits per heavy atom. The quantitative estimate of drug-likeness (QED) is 0.191. The van der Waals surface area contributed by atoms with Gasteiger partial charge in [-0.3, -0.25) is 18.8 Å². The van der Waals surface area contributed by atoms with Crippen LogP contribution in [-0.4, -0.2) is 69.5 Å². The van der Waals surface area contributed by atoms with E-state index in [-0.39, 0.29) is 18.2 Å². The molecule has 4 aromatic heterocycles. The van der Waals surface area contributed by atoms with Gasteiger partial charge in [0.25, 0.3) is 0 Å². The summed E-state index contributed by atoms with van der Waals surface area (Å²) in [7, 11) is 1.22. The van der Waals surface area contributed by atoms with Gasteiger partial charge in [-0.25, -0.2) is 14.5 Å². The summed E-state index contributed by atoms with van der Waals surface area (Å²) in [6, 6.07) is 9.23. The first kappa shape index (κ1) is 30.7. The third-order valence-electron chi connectivity index (χ3n) is 6.33. The molecule has 0 radical (unpaired) electrons. The van der Waals surface area contributed by atoms with Crippen LogP contribution in [0, 0.1) is 11.3 Å². The largest absolute Gasteiger partial charge is 0.474 e. The highest BCUT2D eigenvalue weighted by Gasteiger charge is 2.26. The molecular formula is C29H32N7O5P. The van der Waals surface area contributed by atoms with E-state index in [2.05, 4.69) is 15.0 Å². The van der Waals surface area contributed by atoms with Gasteiger partial charge < -0.3 is 19.3 Å². The lowest BCUT2D eigenvalue weighted by molar-refractivity contribution is -0.113. The minimum atomic E-state index is -4.31. The second-order valence-corrected chi connectivity index (χ2v) is 11.1. The molecule has 218 valence electrons. The van der Waals surface area contributed by atoms with Crippen LogP contribution < -0.4 is 4.90 Å². The van der Waals surface area contributed by atoms with E-state index in [4.69, 9.17) is 9.05 Å². The number of hydrogen-bond donors (Lipinski definition) is 1. The summed E-state index contributed by atoms with van der Waals surface area (Å²) in [6.45, 7) is 3.86. The third-order valence-corrected chi connectivity index (χ3v) is 7.49. The number of phosphoric acid groups is 1. The van der Waals surface area contributed by atoms with Crippen LogP contribution in [0.25, 0.3) is 33.3 Å². The number of aromatic nitrogens is 4. The molecule has 0 saturated heterocycles. The molecule has 2 atom stereocenters. The number of phosphoric ester groups is 1. The molecule has 0 aromatic carbocycles. The number of hydrogen-bond acceptors (Lipinski definition) is 9. The Balaban J connectivity index is 1.78. The molecule has 13 heteroatoms. The summed E-state index contributed by atoms with van der Waals surface area (Å²) in [4.78, 5) is 39.3. The fourth-order valence-corrected chi connectivity index (χ4v) is 5.14. The van der Waals surface area contributed by atoms with Gasteiger partial charge in [0.15, 0.2) is 0 Å². The van der Waals surface area contributed by atoms with Crippen LogP contribution in [0.15, 0.2) is 67.4 Å². The van der Waals surface area contributed by atoms with E-state index in [9.17, 15) is 19.5 Å². The van der Waals surface area contributed by atoms with Gasteiger partial charge in [0.2, 0.25) is 5.91 Å². The Hall–Kier alpha value is -4.24. The third kappa shape index (κ3) is 7.15. The van der Waals surface area contributed by atoms with E-state index in [0.29, 0.717) is 34.4 Å². The molecule has 0 saturated carbocycles. The maximum absolute atomic E-state index is 12.7. The van der Waals surface area contributed by atoms with Crippen molar-refractivity contribution in [2.24, 2.45) is 0 Å². The topological polar surface area (TPSA) is 147 Å². The van der Waals surface area contributed by atoms with Gasteiger partial charge in [-0.1, -0.05) is 6.08 Å². The van der Waals surface area contributed by atoms with Crippen LogP contribution in [-0.2, 0) is 18.4 Å². The second kappa shape index (κ2) is 13.2. The number of anilines is 1. The predicted octanol–water partition coefficient (Wildman–Crippen LogP) is 4.78. The van der Waals surface area contributed by atoms with Crippen molar-refractivity contribution in [1.29, 1.82) is 5.26 Å². The second-order valence-electron chi connectivity index (χ2n) is 9.67. The number of amides is 1. The summed E-state index contributed by atoms with van der Waals surface area (Å²) in [5.74, 6) is -0.183. The molecule has 2 unspecified atom stereocenters. The fourth-order valence-electron chi connectivity index (χ4n) is 4.27. The highest BCUT2D eigenvalue weighted by Crippen LogP contribution is 2.47. The highest BCUT2D eigenvalue weighted by molar-refractivity contribution is 7.47. The summed E-state index contributed by atoms with van der Waals surface area (Å²) in [5, 5.41) is 10.1. The fraction of sp³-hybridized carbons (Fsp3) is 0.276. The standard InChI is InChI=1S/C29H32N7O5P/c1-6-40-42(38,39)41-20(2)36-19-27(21-9-10-32-24(12-21)15-30)26-14-23(17-33-29(26)36)22-13-25(18-31-16-22)35(5)28(37)8-7-11-34(3)4/h7-10,12-14,16-20H,6,11H2,1-5H3,(H,38,39)/b8-7+. The summed E-state index contributed by atoms with van der Waals surface area (Å²) in [6.07, 6.45) is 10.6. The molecule has 0 aliphatic rings. The van der Waals surface area contributed by atoms with Gasteiger partial charge >= 0.3 is 7.82 Å². The zero-order valence-corrected chi connectivity index (χ0v) is 24.9. The van der Waals surface area contributed by atoms with Crippen molar-refractivity contribution in [1.82, 2.24) is 24.4 Å². The minimum Gasteiger partial charge on any atom is -0.310 e. The van der Waals surface area contributed by atoms with Crippen molar-refractivity contribution in [2.75, 3.05) is 39.2 Å². The summed E-state index contributed by atoms with van der Waals surface area (Å²) in [5.41, 5.74) is 4.19. The van der Waals surface area contributed by atoms with Crippen LogP contribution in [0.2, 0.25) is 0 Å². The number of fused-ring (bicyclic) bond motifs is 1. The molecule has 4 heterocycles. The van der Waals surface area contributed by atoms with E-state index in [1.54, 1.807) is 74.7 Å². The van der Waals surface area contributed by atoms with Gasteiger partial charge in [-0.05, 0) is 57.8 Å². The van der Waals surface area contributed by atoms with Crippen LogP contribution in [0.1, 0.15) is 25.8 Å². The molecule has 1 amide bonds. The summed E-state index contributed by atoms with van der Waals surface area (Å²) < 4.78 is 24.2. The van der Waals surface area contributed by atoms with Crippen molar-refractivity contribution < 1.29 is 23.3 Å². The lowest BCUT2D eigenvalue weighted by Gasteiger charge is -2.19. The first-order chi connectivity index (χ1) is 20.0. The zero-order chi connectivity index (χ0) is 30.4. The number of rotatable bonds is 11. The number of pyridine rings is 3. The van der Waals surface area contributed by atoms with Crippen molar-refractivity contribution in [3.05, 3.63) is 73.1 Å². The van der Waals surface area contributed by atoms with Crippen molar-refractivity contribution in [3.63, 3.8) is 0 Å². The average molecular weight is 590 g/mol. The number of likely N-dealkylation sites (N-methyl/N-ethyl adjacent to an activating group) is 2. The van der Waals surface area contributed by atoms with Crippen molar-refractivity contribution in [3.8, 4) is 28.3 Å². The normalized spacial score (nSPS) is 13.8. The number of carbonyl (C=O) groups excluding carboxylic acids is 1. The first-order valence-corrected chi connectivity index (χ1v) is 14.6. The molecule has 0 aliphatic carbocycles. The average Bonchev–Trinajstić information content (AvgIpc) is 3.35. The number of carbonyl (C=O) groups is 1. The van der Waals surface area contributed by atoms with Crippen LogP contribution in [0.5, 0.6) is 0 Å². The zero-order valence-electron chi connectivity index (χ0n) is 24.0. The SMILES string of the molecule is CCOP(=O)(O)OC(C)n1cc(-c2ccnc(C#N)c2)c2cc(-c3cncc(N(C)C(=O)/C=C/CN(C)C)c3)cnc21. The molecular weight excluding hydrogens is 557 g/mol. The van der Waals surface area contributed by atoms with Crippen LogP contribution >= 0.6 is 7.82 Å². The molecule has 4 rings (SSSR count). The van der Waals surface area contributed by atoms with E-state index < -0.39 is 14.1 Å². The van der Waals surface area contributed by atoms with Crippen LogP contribution in [0.3, 0.4) is 0 Å². The van der Waals surface area contributed by atoms with E-state index in [0.717, 1.165) is 11.1 Å². The molecule has 0 fully saturated rings. The van der Waals surface area contributed by atoms with Crippen LogP contribution in [0.4, 0.5) is 5.69 Å².